The highest BCUT2D eigenvalue weighted by atomic mass is 79.9. The molecule has 1 unspecified atom stereocenters. The highest BCUT2D eigenvalue weighted by Crippen LogP contribution is 2.20. The van der Waals surface area contributed by atoms with Gasteiger partial charge in [-0.15, -0.1) is 0 Å². The monoisotopic (exact) mass is 326 g/mol. The van der Waals surface area contributed by atoms with E-state index in [0.717, 1.165) is 0 Å². The predicted octanol–water partition coefficient (Wildman–Crippen LogP) is 2.55. The molecule has 1 amide bonds. The number of hydrogen-bond donors (Lipinski definition) is 2. The third-order valence-corrected chi connectivity index (χ3v) is 2.56. The summed E-state index contributed by atoms with van der Waals surface area (Å²) in [5.74, 6) is -2.09. The number of carbonyl (C=O) groups is 1. The van der Waals surface area contributed by atoms with Crippen LogP contribution < -0.4 is 5.32 Å². The fourth-order valence-electron chi connectivity index (χ4n) is 1.21. The van der Waals surface area contributed by atoms with Crippen LogP contribution in [0.4, 0.5) is 13.2 Å². The molecule has 1 atom stereocenters. The minimum Gasteiger partial charge on any atom is -0.388 e. The molecule has 0 aliphatic rings. The van der Waals surface area contributed by atoms with Crippen LogP contribution in [0.2, 0.25) is 0 Å². The van der Waals surface area contributed by atoms with Crippen molar-refractivity contribution in [1.29, 1.82) is 0 Å². The van der Waals surface area contributed by atoms with E-state index >= 15 is 0 Å². The highest BCUT2D eigenvalue weighted by molar-refractivity contribution is 9.10. The first-order valence-corrected chi connectivity index (χ1v) is 5.76. The molecule has 0 aromatic heterocycles. The molecule has 0 fully saturated rings. The number of alkyl halides is 3. The summed E-state index contributed by atoms with van der Waals surface area (Å²) in [6.45, 7) is -0.454. The lowest BCUT2D eigenvalue weighted by atomic mass is 10.1. The lowest BCUT2D eigenvalue weighted by Crippen LogP contribution is -2.37. The Morgan fingerprint density at radius 2 is 2.22 bits per heavy atom. The fraction of sp³-hybridized carbons (Fsp3) is 0.364. The molecule has 0 heterocycles. The molecule has 2 N–H and O–H groups in total. The average molecular weight is 327 g/mol. The van der Waals surface area contributed by atoms with Gasteiger partial charge in [-0.1, -0.05) is 28.1 Å². The zero-order chi connectivity index (χ0) is 14.7. The third-order valence-electron chi connectivity index (χ3n) is 2.06. The molecule has 1 aromatic rings. The Morgan fingerprint density at radius 3 is 2.78 bits per heavy atom. The molecular formula is C11H11BrF3NO2. The maximum absolute atomic E-state index is 11.9. The largest absolute Gasteiger partial charge is 0.471 e. The second kappa shape index (κ2) is 6.19. The van der Waals surface area contributed by atoms with Crippen molar-refractivity contribution < 1.29 is 24.4 Å². The second-order valence-electron chi connectivity index (χ2n) is 3.46. The summed E-state index contributed by atoms with van der Waals surface area (Å²) in [5, 5.41) is 11.4. The number of halogens is 4. The number of hydrogen-bond acceptors (Lipinski definition) is 2. The number of rotatable bonds is 4. The summed E-state index contributed by atoms with van der Waals surface area (Å²) in [4.78, 5) is 10.6. The van der Waals surface area contributed by atoms with Gasteiger partial charge in [-0.3, -0.25) is 4.79 Å². The first-order valence-electron chi connectivity index (χ1n) is 5.46. The summed E-state index contributed by atoms with van der Waals surface area (Å²) in [5.41, 5.74) is 0.225. The molecule has 1 aromatic carbocycles. The van der Waals surface area contributed by atoms with Gasteiger partial charge in [0.1, 0.15) is 0 Å². The van der Waals surface area contributed by atoms with Crippen LogP contribution >= 0.6 is 15.9 Å². The van der Waals surface area contributed by atoms with Crippen molar-refractivity contribution in [3.63, 3.8) is 0 Å². The van der Waals surface area contributed by atoms with E-state index in [1.807, 2.05) is 0 Å². The maximum atomic E-state index is 11.9. The van der Waals surface area contributed by atoms with E-state index in [4.69, 9.17) is 1.37 Å². The number of aliphatic hydroxyl groups is 1. The summed E-state index contributed by atoms with van der Waals surface area (Å²) < 4.78 is 44.1. The third kappa shape index (κ3) is 4.66. The van der Waals surface area contributed by atoms with Crippen molar-refractivity contribution in [2.24, 2.45) is 0 Å². The molecule has 0 saturated carbocycles. The molecule has 18 heavy (non-hydrogen) atoms. The summed E-state index contributed by atoms with van der Waals surface area (Å²) in [6.07, 6.45) is -7.39. The van der Waals surface area contributed by atoms with Gasteiger partial charge >= 0.3 is 12.1 Å². The number of amides is 1. The molecule has 100 valence electrons. The Morgan fingerprint density at radius 1 is 1.56 bits per heavy atom. The van der Waals surface area contributed by atoms with Crippen molar-refractivity contribution >= 4 is 21.8 Å². The quantitative estimate of drug-likeness (QED) is 0.893. The van der Waals surface area contributed by atoms with Crippen molar-refractivity contribution in [2.45, 2.75) is 18.7 Å². The van der Waals surface area contributed by atoms with Crippen molar-refractivity contribution in [2.75, 3.05) is 6.54 Å². The molecule has 1 rings (SSSR count). The highest BCUT2D eigenvalue weighted by Gasteiger charge is 2.38. The molecule has 0 spiro atoms. The number of nitrogens with one attached hydrogen (secondary N) is 1. The van der Waals surface area contributed by atoms with Crippen LogP contribution in [0.5, 0.6) is 0 Å². The molecule has 0 aliphatic heterocycles. The van der Waals surface area contributed by atoms with Crippen molar-refractivity contribution in [1.82, 2.24) is 5.32 Å². The normalized spacial score (nSPS) is 15.7. The molecule has 0 radical (unpaired) electrons. The van der Waals surface area contributed by atoms with E-state index in [0.29, 0.717) is 4.47 Å². The summed E-state index contributed by atoms with van der Waals surface area (Å²) in [7, 11) is 0. The lowest BCUT2D eigenvalue weighted by molar-refractivity contribution is -0.173. The van der Waals surface area contributed by atoms with Gasteiger partial charge in [0.15, 0.2) is 0 Å². The van der Waals surface area contributed by atoms with Crippen LogP contribution in [0, 0.1) is 0 Å². The molecule has 0 bridgehead atoms. The lowest BCUT2D eigenvalue weighted by Gasteiger charge is -2.12. The van der Waals surface area contributed by atoms with Gasteiger partial charge in [0.05, 0.1) is 7.45 Å². The van der Waals surface area contributed by atoms with E-state index in [1.54, 1.807) is 17.4 Å². The Hall–Kier alpha value is -1.08. The Kier molecular flexibility index (Phi) is 4.60. The van der Waals surface area contributed by atoms with Gasteiger partial charge in [0.2, 0.25) is 0 Å². The van der Waals surface area contributed by atoms with E-state index in [1.165, 1.54) is 12.1 Å². The van der Waals surface area contributed by atoms with Crippen LogP contribution in [0.3, 0.4) is 0 Å². The molecule has 0 saturated heterocycles. The SMILES string of the molecule is [2H]C(O)(CCNC(=O)C(F)(F)F)c1cccc(Br)c1. The Balaban J connectivity index is 2.59. The van der Waals surface area contributed by atoms with Crippen LogP contribution in [0.15, 0.2) is 28.7 Å². The van der Waals surface area contributed by atoms with E-state index < -0.39 is 24.7 Å². The Bertz CT molecular complexity index is 465. The predicted molar refractivity (Wildman–Crippen MR) is 62.8 cm³/mol. The molecule has 0 aliphatic carbocycles. The van der Waals surface area contributed by atoms with Crippen molar-refractivity contribution in [3.8, 4) is 0 Å². The molecular weight excluding hydrogens is 315 g/mol. The van der Waals surface area contributed by atoms with Gasteiger partial charge in [-0.05, 0) is 24.1 Å². The maximum Gasteiger partial charge on any atom is 0.471 e. The van der Waals surface area contributed by atoms with Crippen molar-refractivity contribution in [3.05, 3.63) is 34.3 Å². The van der Waals surface area contributed by atoms with Crippen LogP contribution in [-0.2, 0) is 4.79 Å². The smallest absolute Gasteiger partial charge is 0.388 e. The van der Waals surface area contributed by atoms with E-state index in [9.17, 15) is 23.1 Å². The van der Waals surface area contributed by atoms with E-state index in [2.05, 4.69) is 15.9 Å². The van der Waals surface area contributed by atoms with Crippen LogP contribution in [0.25, 0.3) is 0 Å². The van der Waals surface area contributed by atoms with Gasteiger partial charge in [0, 0.05) is 11.0 Å². The van der Waals surface area contributed by atoms with Gasteiger partial charge < -0.3 is 10.4 Å². The Labute approximate surface area is 112 Å². The second-order valence-corrected chi connectivity index (χ2v) is 4.38. The van der Waals surface area contributed by atoms with Crippen LogP contribution in [-0.4, -0.2) is 23.7 Å². The average Bonchev–Trinajstić information content (AvgIpc) is 2.27. The van der Waals surface area contributed by atoms with Gasteiger partial charge in [-0.25, -0.2) is 0 Å². The minimum absolute atomic E-state index is 0.225. The zero-order valence-electron chi connectivity index (χ0n) is 10.1. The number of carbonyl (C=O) groups excluding carboxylic acids is 1. The standard InChI is InChI=1S/C11H11BrF3NO2/c12-8-3-1-2-7(6-8)9(17)4-5-16-10(18)11(13,14)15/h1-3,6,9,17H,4-5H2,(H,16,18)/i9D. The summed E-state index contributed by atoms with van der Waals surface area (Å²) in [6, 6.07) is 6.24. The molecule has 3 nitrogen and oxygen atoms in total. The first-order chi connectivity index (χ1) is 8.63. The van der Waals surface area contributed by atoms with E-state index in [-0.39, 0.29) is 12.0 Å². The van der Waals surface area contributed by atoms with Gasteiger partial charge in [-0.2, -0.15) is 13.2 Å². The zero-order valence-corrected chi connectivity index (χ0v) is 10.7. The fourth-order valence-corrected chi connectivity index (χ4v) is 1.61. The van der Waals surface area contributed by atoms with Gasteiger partial charge in [0.25, 0.3) is 0 Å². The minimum atomic E-state index is -4.96. The summed E-state index contributed by atoms with van der Waals surface area (Å²) >= 11 is 3.16. The first kappa shape index (κ1) is 13.4. The number of benzene rings is 1. The van der Waals surface area contributed by atoms with Crippen LogP contribution in [0.1, 0.15) is 19.4 Å². The topological polar surface area (TPSA) is 49.3 Å². The molecule has 7 heteroatoms.